The fourth-order valence-corrected chi connectivity index (χ4v) is 4.77. The topological polar surface area (TPSA) is 49.9 Å². The number of nitrogens with one attached hydrogen (secondary N) is 2. The van der Waals surface area contributed by atoms with Crippen molar-refractivity contribution in [2.24, 2.45) is 5.92 Å². The maximum absolute atomic E-state index is 5.47. The molecule has 0 atom stereocenters. The summed E-state index contributed by atoms with van der Waals surface area (Å²) in [4.78, 5) is 1.27. The number of hydrogen-bond donors (Lipinski definition) is 2. The molecule has 0 saturated carbocycles. The Morgan fingerprint density at radius 2 is 2.00 bits per heavy atom. The number of H-pyrrole nitrogens is 1. The SMILES string of the molecule is c1ccc2sc(-c3cc(NCC4CCOCC4)cc4cn[nH]c34)cc2c1. The summed E-state index contributed by atoms with van der Waals surface area (Å²) >= 11 is 1.83. The van der Waals surface area contributed by atoms with Gasteiger partial charge in [0.25, 0.3) is 0 Å². The van der Waals surface area contributed by atoms with E-state index in [1.165, 1.54) is 20.5 Å². The molecule has 1 aliphatic rings. The number of aromatic nitrogens is 2. The van der Waals surface area contributed by atoms with Crippen LogP contribution in [-0.4, -0.2) is 30.0 Å². The highest BCUT2D eigenvalue weighted by molar-refractivity contribution is 7.22. The predicted octanol–water partition coefficient (Wildman–Crippen LogP) is 5.28. The minimum absolute atomic E-state index is 0.691. The van der Waals surface area contributed by atoms with Gasteiger partial charge in [0.05, 0.1) is 11.7 Å². The zero-order valence-electron chi connectivity index (χ0n) is 14.5. The van der Waals surface area contributed by atoms with Gasteiger partial charge in [0, 0.05) is 46.0 Å². The summed E-state index contributed by atoms with van der Waals surface area (Å²) in [6, 6.07) is 15.3. The Bertz CT molecular complexity index is 1010. The minimum atomic E-state index is 0.691. The van der Waals surface area contributed by atoms with E-state index in [2.05, 4.69) is 58.0 Å². The number of aromatic amines is 1. The van der Waals surface area contributed by atoms with Gasteiger partial charge in [-0.3, -0.25) is 5.10 Å². The number of ether oxygens (including phenoxy) is 1. The molecule has 132 valence electrons. The third kappa shape index (κ3) is 2.97. The van der Waals surface area contributed by atoms with Crippen molar-refractivity contribution in [2.75, 3.05) is 25.1 Å². The standard InChI is InChI=1S/C21H21N3OS/c1-2-4-19-15(3-1)10-20(26-19)18-11-17(9-16-13-23-24-21(16)18)22-12-14-5-7-25-8-6-14/h1-4,9-11,13-14,22H,5-8,12H2,(H,23,24). The van der Waals surface area contributed by atoms with Gasteiger partial charge in [-0.15, -0.1) is 11.3 Å². The molecular weight excluding hydrogens is 342 g/mol. The van der Waals surface area contributed by atoms with Crippen LogP contribution < -0.4 is 5.32 Å². The van der Waals surface area contributed by atoms with Crippen LogP contribution in [0.3, 0.4) is 0 Å². The molecule has 0 amide bonds. The third-order valence-electron chi connectivity index (χ3n) is 5.18. The Balaban J connectivity index is 1.50. The Hall–Kier alpha value is -2.37. The van der Waals surface area contributed by atoms with Crippen LogP contribution in [0.5, 0.6) is 0 Å². The molecule has 26 heavy (non-hydrogen) atoms. The Morgan fingerprint density at radius 3 is 2.88 bits per heavy atom. The summed E-state index contributed by atoms with van der Waals surface area (Å²) in [7, 11) is 0. The van der Waals surface area contributed by atoms with E-state index in [1.54, 1.807) is 0 Å². The van der Waals surface area contributed by atoms with E-state index in [9.17, 15) is 0 Å². The highest BCUT2D eigenvalue weighted by Crippen LogP contribution is 2.38. The van der Waals surface area contributed by atoms with Crippen LogP contribution in [0.4, 0.5) is 5.69 Å². The summed E-state index contributed by atoms with van der Waals surface area (Å²) in [5.41, 5.74) is 3.49. The highest BCUT2D eigenvalue weighted by atomic mass is 32.1. The third-order valence-corrected chi connectivity index (χ3v) is 6.32. The van der Waals surface area contributed by atoms with E-state index in [0.717, 1.165) is 49.2 Å². The molecule has 3 heterocycles. The van der Waals surface area contributed by atoms with E-state index in [0.29, 0.717) is 5.92 Å². The van der Waals surface area contributed by atoms with E-state index < -0.39 is 0 Å². The van der Waals surface area contributed by atoms with E-state index in [1.807, 2.05) is 17.5 Å². The molecule has 1 saturated heterocycles. The molecule has 4 nitrogen and oxygen atoms in total. The van der Waals surface area contributed by atoms with Crippen LogP contribution in [-0.2, 0) is 4.74 Å². The van der Waals surface area contributed by atoms with Crippen molar-refractivity contribution in [3.8, 4) is 10.4 Å². The van der Waals surface area contributed by atoms with Crippen molar-refractivity contribution in [3.63, 3.8) is 0 Å². The molecule has 0 unspecified atom stereocenters. The van der Waals surface area contributed by atoms with Gasteiger partial charge < -0.3 is 10.1 Å². The van der Waals surface area contributed by atoms with Gasteiger partial charge in [-0.05, 0) is 48.4 Å². The average molecular weight is 363 g/mol. The summed E-state index contributed by atoms with van der Waals surface area (Å²) in [6.07, 6.45) is 4.19. The van der Waals surface area contributed by atoms with Crippen molar-refractivity contribution >= 4 is 38.0 Å². The molecule has 0 spiro atoms. The van der Waals surface area contributed by atoms with Crippen LogP contribution in [0, 0.1) is 5.92 Å². The first-order valence-corrected chi connectivity index (χ1v) is 9.96. The fourth-order valence-electron chi connectivity index (χ4n) is 3.68. The first-order chi connectivity index (χ1) is 12.9. The number of benzene rings is 2. The van der Waals surface area contributed by atoms with Crippen LogP contribution in [0.2, 0.25) is 0 Å². The summed E-state index contributed by atoms with van der Waals surface area (Å²) in [5.74, 6) is 0.691. The van der Waals surface area contributed by atoms with Gasteiger partial charge >= 0.3 is 0 Å². The lowest BCUT2D eigenvalue weighted by atomic mass is 10.00. The number of fused-ring (bicyclic) bond motifs is 2. The molecule has 2 aromatic carbocycles. The zero-order chi connectivity index (χ0) is 17.3. The fraction of sp³-hybridized carbons (Fsp3) is 0.286. The normalized spacial score (nSPS) is 15.7. The number of rotatable bonds is 4. The quantitative estimate of drug-likeness (QED) is 0.518. The maximum atomic E-state index is 5.47. The highest BCUT2D eigenvalue weighted by Gasteiger charge is 2.15. The molecule has 0 aliphatic carbocycles. The molecule has 1 fully saturated rings. The van der Waals surface area contributed by atoms with Gasteiger partial charge in [0.1, 0.15) is 0 Å². The lowest BCUT2D eigenvalue weighted by Gasteiger charge is -2.22. The Morgan fingerprint density at radius 1 is 1.12 bits per heavy atom. The molecular formula is C21H21N3OS. The molecule has 2 N–H and O–H groups in total. The monoisotopic (exact) mass is 363 g/mol. The average Bonchev–Trinajstić information content (AvgIpc) is 3.33. The van der Waals surface area contributed by atoms with E-state index >= 15 is 0 Å². The smallest absolute Gasteiger partial charge is 0.0738 e. The van der Waals surface area contributed by atoms with Gasteiger partial charge in [-0.2, -0.15) is 5.10 Å². The zero-order valence-corrected chi connectivity index (χ0v) is 15.3. The first kappa shape index (κ1) is 15.9. The number of nitrogens with zero attached hydrogens (tertiary/aromatic N) is 1. The Kier molecular flexibility index (Phi) is 4.11. The van der Waals surface area contributed by atoms with E-state index in [4.69, 9.17) is 4.74 Å². The molecule has 0 radical (unpaired) electrons. The molecule has 4 aromatic rings. The molecule has 2 aromatic heterocycles. The van der Waals surface area contributed by atoms with Crippen molar-refractivity contribution in [2.45, 2.75) is 12.8 Å². The lowest BCUT2D eigenvalue weighted by molar-refractivity contribution is 0.0699. The van der Waals surface area contributed by atoms with Crippen LogP contribution >= 0.6 is 11.3 Å². The van der Waals surface area contributed by atoms with Crippen LogP contribution in [0.25, 0.3) is 31.4 Å². The minimum Gasteiger partial charge on any atom is -0.385 e. The predicted molar refractivity (Wildman–Crippen MR) is 109 cm³/mol. The number of hydrogen-bond acceptors (Lipinski definition) is 4. The molecule has 5 heteroatoms. The Labute approximate surface area is 156 Å². The van der Waals surface area contributed by atoms with Crippen molar-refractivity contribution in [1.29, 1.82) is 0 Å². The largest absolute Gasteiger partial charge is 0.385 e. The van der Waals surface area contributed by atoms with Gasteiger partial charge in [-0.25, -0.2) is 0 Å². The number of anilines is 1. The van der Waals surface area contributed by atoms with Gasteiger partial charge in [0.2, 0.25) is 0 Å². The summed E-state index contributed by atoms with van der Waals surface area (Å²) < 4.78 is 6.78. The lowest BCUT2D eigenvalue weighted by Crippen LogP contribution is -2.22. The second-order valence-corrected chi connectivity index (χ2v) is 8.03. The second kappa shape index (κ2) is 6.74. The van der Waals surface area contributed by atoms with Crippen molar-refractivity contribution in [1.82, 2.24) is 10.2 Å². The second-order valence-electron chi connectivity index (χ2n) is 6.94. The van der Waals surface area contributed by atoms with E-state index in [-0.39, 0.29) is 0 Å². The van der Waals surface area contributed by atoms with Crippen LogP contribution in [0.15, 0.2) is 48.7 Å². The molecule has 0 bridgehead atoms. The van der Waals surface area contributed by atoms with Crippen molar-refractivity contribution < 1.29 is 4.74 Å². The molecule has 5 rings (SSSR count). The molecule has 1 aliphatic heterocycles. The summed E-state index contributed by atoms with van der Waals surface area (Å²) in [5, 5.41) is 13.5. The maximum Gasteiger partial charge on any atom is 0.0738 e. The van der Waals surface area contributed by atoms with Gasteiger partial charge in [-0.1, -0.05) is 18.2 Å². The van der Waals surface area contributed by atoms with Gasteiger partial charge in [0.15, 0.2) is 0 Å². The number of thiophene rings is 1. The summed E-state index contributed by atoms with van der Waals surface area (Å²) in [6.45, 7) is 2.78. The van der Waals surface area contributed by atoms with Crippen LogP contribution in [0.1, 0.15) is 12.8 Å². The van der Waals surface area contributed by atoms with Crippen molar-refractivity contribution in [3.05, 3.63) is 48.7 Å². The first-order valence-electron chi connectivity index (χ1n) is 9.14.